The number of carbonyl (C=O) groups excluding carboxylic acids is 1. The lowest BCUT2D eigenvalue weighted by Gasteiger charge is -2.33. The van der Waals surface area contributed by atoms with Crippen molar-refractivity contribution in [3.63, 3.8) is 0 Å². The van der Waals surface area contributed by atoms with E-state index in [-0.39, 0.29) is 11.9 Å². The van der Waals surface area contributed by atoms with Crippen molar-refractivity contribution in [2.75, 3.05) is 39.4 Å². The Hall–Kier alpha value is -2.24. The van der Waals surface area contributed by atoms with Gasteiger partial charge in [0.05, 0.1) is 19.1 Å². The molecular formula is C22H35N3O3. The summed E-state index contributed by atoms with van der Waals surface area (Å²) >= 11 is 0. The predicted molar refractivity (Wildman–Crippen MR) is 113 cm³/mol. The molecule has 0 saturated carbocycles. The van der Waals surface area contributed by atoms with Gasteiger partial charge < -0.3 is 19.7 Å². The molecule has 0 radical (unpaired) electrons. The van der Waals surface area contributed by atoms with Crippen LogP contribution >= 0.6 is 0 Å². The third kappa shape index (κ3) is 6.43. The molecule has 0 bridgehead atoms. The monoisotopic (exact) mass is 389 g/mol. The van der Waals surface area contributed by atoms with E-state index in [0.29, 0.717) is 25.7 Å². The number of rotatable bonds is 8. The van der Waals surface area contributed by atoms with Crippen LogP contribution < -0.4 is 10.1 Å². The van der Waals surface area contributed by atoms with E-state index in [1.54, 1.807) is 0 Å². The Morgan fingerprint density at radius 2 is 1.96 bits per heavy atom. The number of para-hydroxylation sites is 1. The standard InChI is InChI=1S/C22H35N3O3/c1-5-23-22(25-14-11-18(12-15-25)21(26)27-6-2)24-13-16-28-20-10-8-7-9-19(20)17(3)4/h7-10,17-18H,5-6,11-16H2,1-4H3,(H,23,24). The van der Waals surface area contributed by atoms with Gasteiger partial charge in [-0.15, -0.1) is 0 Å². The lowest BCUT2D eigenvalue weighted by molar-refractivity contribution is -0.149. The van der Waals surface area contributed by atoms with Crippen molar-refractivity contribution >= 4 is 11.9 Å². The SMILES string of the molecule is CCNC(=NCCOc1ccccc1C(C)C)N1CCC(C(=O)OCC)CC1. The third-order valence-corrected chi connectivity index (χ3v) is 4.90. The molecule has 6 nitrogen and oxygen atoms in total. The van der Waals surface area contributed by atoms with Crippen molar-refractivity contribution < 1.29 is 14.3 Å². The van der Waals surface area contributed by atoms with Crippen molar-refractivity contribution in [1.82, 2.24) is 10.2 Å². The second-order valence-electron chi connectivity index (χ2n) is 7.29. The second-order valence-corrected chi connectivity index (χ2v) is 7.29. The summed E-state index contributed by atoms with van der Waals surface area (Å²) in [6.07, 6.45) is 1.61. The number of hydrogen-bond acceptors (Lipinski definition) is 4. The summed E-state index contributed by atoms with van der Waals surface area (Å²) in [6, 6.07) is 8.18. The fourth-order valence-electron chi connectivity index (χ4n) is 3.41. The molecule has 6 heteroatoms. The molecule has 0 atom stereocenters. The lowest BCUT2D eigenvalue weighted by Crippen LogP contribution is -2.46. The summed E-state index contributed by atoms with van der Waals surface area (Å²) in [7, 11) is 0. The molecule has 0 aromatic heterocycles. The number of esters is 1. The van der Waals surface area contributed by atoms with E-state index < -0.39 is 0 Å². The van der Waals surface area contributed by atoms with Gasteiger partial charge >= 0.3 is 5.97 Å². The van der Waals surface area contributed by atoms with Crippen LogP contribution in [0.4, 0.5) is 0 Å². The number of guanidine groups is 1. The highest BCUT2D eigenvalue weighted by molar-refractivity contribution is 5.80. The number of aliphatic imine (C=N–C) groups is 1. The van der Waals surface area contributed by atoms with E-state index in [9.17, 15) is 4.79 Å². The van der Waals surface area contributed by atoms with Crippen molar-refractivity contribution in [2.24, 2.45) is 10.9 Å². The van der Waals surface area contributed by atoms with E-state index in [4.69, 9.17) is 14.5 Å². The van der Waals surface area contributed by atoms with Crippen LogP contribution in [0.1, 0.15) is 52.0 Å². The molecule has 156 valence electrons. The summed E-state index contributed by atoms with van der Waals surface area (Å²) in [5, 5.41) is 3.35. The molecule has 1 aliphatic heterocycles. The summed E-state index contributed by atoms with van der Waals surface area (Å²) in [6.45, 7) is 12.3. The van der Waals surface area contributed by atoms with E-state index in [2.05, 4.69) is 37.1 Å². The van der Waals surface area contributed by atoms with Crippen LogP contribution in [-0.2, 0) is 9.53 Å². The molecule has 1 saturated heterocycles. The van der Waals surface area contributed by atoms with E-state index in [1.165, 1.54) is 5.56 Å². The zero-order valence-corrected chi connectivity index (χ0v) is 17.7. The number of nitrogens with one attached hydrogen (secondary N) is 1. The summed E-state index contributed by atoms with van der Waals surface area (Å²) in [5.74, 6) is 2.20. The molecule has 1 fully saturated rings. The highest BCUT2D eigenvalue weighted by atomic mass is 16.5. The van der Waals surface area contributed by atoms with Gasteiger partial charge in [-0.25, -0.2) is 4.99 Å². The highest BCUT2D eigenvalue weighted by Gasteiger charge is 2.27. The summed E-state index contributed by atoms with van der Waals surface area (Å²) < 4.78 is 11.1. The average Bonchev–Trinajstić information content (AvgIpc) is 2.71. The fraction of sp³-hybridized carbons (Fsp3) is 0.636. The van der Waals surface area contributed by atoms with E-state index in [0.717, 1.165) is 44.2 Å². The summed E-state index contributed by atoms with van der Waals surface area (Å²) in [4.78, 5) is 18.9. The first-order valence-electron chi connectivity index (χ1n) is 10.5. The third-order valence-electron chi connectivity index (χ3n) is 4.90. The Labute approximate surface area is 169 Å². The van der Waals surface area contributed by atoms with Crippen LogP contribution in [0.15, 0.2) is 29.3 Å². The number of ether oxygens (including phenoxy) is 2. The molecule has 1 N–H and O–H groups in total. The Morgan fingerprint density at radius 1 is 1.25 bits per heavy atom. The van der Waals surface area contributed by atoms with Crippen LogP contribution in [0.25, 0.3) is 0 Å². The number of piperidine rings is 1. The van der Waals surface area contributed by atoms with Gasteiger partial charge in [-0.3, -0.25) is 4.79 Å². The van der Waals surface area contributed by atoms with Gasteiger partial charge in [-0.05, 0) is 44.2 Å². The summed E-state index contributed by atoms with van der Waals surface area (Å²) in [5.41, 5.74) is 1.22. The van der Waals surface area contributed by atoms with E-state index in [1.807, 2.05) is 25.1 Å². The van der Waals surface area contributed by atoms with Gasteiger partial charge in [0.15, 0.2) is 5.96 Å². The number of benzene rings is 1. The van der Waals surface area contributed by atoms with Gasteiger partial charge in [0.1, 0.15) is 12.4 Å². The minimum atomic E-state index is -0.0682. The number of hydrogen-bond donors (Lipinski definition) is 1. The van der Waals surface area contributed by atoms with Crippen molar-refractivity contribution in [1.29, 1.82) is 0 Å². The number of nitrogens with zero attached hydrogens (tertiary/aromatic N) is 2. The molecule has 1 aromatic rings. The molecule has 0 amide bonds. The lowest BCUT2D eigenvalue weighted by atomic mass is 9.97. The van der Waals surface area contributed by atoms with Gasteiger partial charge in [-0.2, -0.15) is 0 Å². The fourth-order valence-corrected chi connectivity index (χ4v) is 3.41. The molecule has 1 aliphatic rings. The molecule has 0 unspecified atom stereocenters. The van der Waals surface area contributed by atoms with Crippen LogP contribution in [0.5, 0.6) is 5.75 Å². The maximum absolute atomic E-state index is 11.9. The number of carbonyl (C=O) groups is 1. The van der Waals surface area contributed by atoms with Gasteiger partial charge in [0.25, 0.3) is 0 Å². The zero-order valence-electron chi connectivity index (χ0n) is 17.7. The molecule has 0 aliphatic carbocycles. The predicted octanol–water partition coefficient (Wildman–Crippen LogP) is 3.43. The highest BCUT2D eigenvalue weighted by Crippen LogP contribution is 2.25. The van der Waals surface area contributed by atoms with Crippen LogP contribution in [0.3, 0.4) is 0 Å². The minimum Gasteiger partial charge on any atom is -0.491 e. The first-order chi connectivity index (χ1) is 13.6. The Kier molecular flexibility index (Phi) is 9.11. The molecule has 28 heavy (non-hydrogen) atoms. The Bertz CT molecular complexity index is 638. The molecule has 2 rings (SSSR count). The Morgan fingerprint density at radius 3 is 2.61 bits per heavy atom. The smallest absolute Gasteiger partial charge is 0.309 e. The van der Waals surface area contributed by atoms with Gasteiger partial charge in [0.2, 0.25) is 0 Å². The number of likely N-dealkylation sites (tertiary alicyclic amines) is 1. The van der Waals surface area contributed by atoms with Crippen LogP contribution in [-0.4, -0.2) is 56.2 Å². The van der Waals surface area contributed by atoms with E-state index >= 15 is 0 Å². The van der Waals surface area contributed by atoms with Crippen molar-refractivity contribution in [3.05, 3.63) is 29.8 Å². The average molecular weight is 390 g/mol. The second kappa shape index (κ2) is 11.6. The maximum atomic E-state index is 11.9. The maximum Gasteiger partial charge on any atom is 0.309 e. The zero-order chi connectivity index (χ0) is 20.4. The topological polar surface area (TPSA) is 63.2 Å². The first kappa shape index (κ1) is 22.1. The largest absolute Gasteiger partial charge is 0.491 e. The van der Waals surface area contributed by atoms with Gasteiger partial charge in [-0.1, -0.05) is 32.0 Å². The molecule has 1 aromatic carbocycles. The first-order valence-corrected chi connectivity index (χ1v) is 10.5. The molecule has 1 heterocycles. The minimum absolute atomic E-state index is 0.00921. The quantitative estimate of drug-likeness (QED) is 0.319. The normalized spacial score (nSPS) is 15.6. The Balaban J connectivity index is 1.87. The van der Waals surface area contributed by atoms with Crippen molar-refractivity contribution in [2.45, 2.75) is 46.5 Å². The van der Waals surface area contributed by atoms with Crippen LogP contribution in [0, 0.1) is 5.92 Å². The molecule has 0 spiro atoms. The van der Waals surface area contributed by atoms with Crippen LogP contribution in [0.2, 0.25) is 0 Å². The van der Waals surface area contributed by atoms with Gasteiger partial charge in [0, 0.05) is 19.6 Å². The van der Waals surface area contributed by atoms with Crippen molar-refractivity contribution in [3.8, 4) is 5.75 Å². The molecular weight excluding hydrogens is 354 g/mol.